The maximum Gasteiger partial charge on any atom is 0.230 e. The summed E-state index contributed by atoms with van der Waals surface area (Å²) in [6.45, 7) is 1.96. The van der Waals surface area contributed by atoms with E-state index < -0.39 is 0 Å². The molecular formula is C16H14BrN3O. The van der Waals surface area contributed by atoms with Gasteiger partial charge < -0.3 is 10.3 Å². The van der Waals surface area contributed by atoms with Crippen LogP contribution in [0.25, 0.3) is 10.9 Å². The molecule has 0 bridgehead atoms. The van der Waals surface area contributed by atoms with Crippen LogP contribution in [0, 0.1) is 6.92 Å². The summed E-state index contributed by atoms with van der Waals surface area (Å²) in [5.74, 6) is 0.495. The number of amides is 1. The van der Waals surface area contributed by atoms with Gasteiger partial charge in [0.25, 0.3) is 0 Å². The standard InChI is InChI=1S/C16H14BrN3O/c1-10-6-15(19-9-13(10)17)20-16(21)7-11-8-18-14-5-3-2-4-12(11)14/h2-6,8-9,18H,7H2,1H3,(H,19,20,21). The van der Waals surface area contributed by atoms with Crippen LogP contribution < -0.4 is 5.32 Å². The van der Waals surface area contributed by atoms with Crippen LogP contribution in [0.2, 0.25) is 0 Å². The third kappa shape index (κ3) is 2.97. The van der Waals surface area contributed by atoms with E-state index in [-0.39, 0.29) is 5.91 Å². The van der Waals surface area contributed by atoms with Gasteiger partial charge >= 0.3 is 0 Å². The molecule has 0 unspecified atom stereocenters. The Balaban J connectivity index is 1.75. The number of aromatic nitrogens is 2. The molecule has 1 amide bonds. The number of H-pyrrole nitrogens is 1. The number of nitrogens with zero attached hydrogens (tertiary/aromatic N) is 1. The lowest BCUT2D eigenvalue weighted by atomic mass is 10.1. The summed E-state index contributed by atoms with van der Waals surface area (Å²) in [6.07, 6.45) is 3.89. The molecule has 4 nitrogen and oxygen atoms in total. The molecule has 0 saturated heterocycles. The predicted molar refractivity (Wildman–Crippen MR) is 87.3 cm³/mol. The number of rotatable bonds is 3. The summed E-state index contributed by atoms with van der Waals surface area (Å²) in [6, 6.07) is 9.79. The lowest BCUT2D eigenvalue weighted by Crippen LogP contribution is -2.15. The maximum atomic E-state index is 12.1. The second-order valence-corrected chi connectivity index (χ2v) is 5.76. The van der Waals surface area contributed by atoms with Crippen molar-refractivity contribution in [2.24, 2.45) is 0 Å². The van der Waals surface area contributed by atoms with E-state index in [1.54, 1.807) is 6.20 Å². The van der Waals surface area contributed by atoms with Gasteiger partial charge in [-0.25, -0.2) is 4.98 Å². The molecule has 21 heavy (non-hydrogen) atoms. The monoisotopic (exact) mass is 343 g/mol. The van der Waals surface area contributed by atoms with Gasteiger partial charge in [-0.15, -0.1) is 0 Å². The van der Waals surface area contributed by atoms with Crippen molar-refractivity contribution in [3.8, 4) is 0 Å². The van der Waals surface area contributed by atoms with Crippen molar-refractivity contribution in [3.05, 3.63) is 58.3 Å². The number of carbonyl (C=O) groups excluding carboxylic acids is 1. The first kappa shape index (κ1) is 13.8. The van der Waals surface area contributed by atoms with Crippen LogP contribution in [-0.2, 0) is 11.2 Å². The largest absolute Gasteiger partial charge is 0.361 e. The Hall–Kier alpha value is -2.14. The van der Waals surface area contributed by atoms with Gasteiger partial charge in [-0.2, -0.15) is 0 Å². The molecule has 0 saturated carbocycles. The van der Waals surface area contributed by atoms with Crippen LogP contribution >= 0.6 is 15.9 Å². The van der Waals surface area contributed by atoms with Gasteiger partial charge in [0.15, 0.2) is 0 Å². The quantitative estimate of drug-likeness (QED) is 0.759. The van der Waals surface area contributed by atoms with E-state index in [2.05, 4.69) is 31.2 Å². The molecule has 3 rings (SSSR count). The Bertz CT molecular complexity index is 810. The summed E-state index contributed by atoms with van der Waals surface area (Å²) in [5.41, 5.74) is 3.06. The van der Waals surface area contributed by atoms with Gasteiger partial charge in [-0.1, -0.05) is 18.2 Å². The molecule has 2 aromatic heterocycles. The van der Waals surface area contributed by atoms with Crippen molar-refractivity contribution in [1.29, 1.82) is 0 Å². The van der Waals surface area contributed by atoms with Crippen LogP contribution in [0.5, 0.6) is 0 Å². The highest BCUT2D eigenvalue weighted by atomic mass is 79.9. The zero-order chi connectivity index (χ0) is 14.8. The molecule has 1 aromatic carbocycles. The lowest BCUT2D eigenvalue weighted by Gasteiger charge is -2.05. The number of benzene rings is 1. The first-order chi connectivity index (χ1) is 10.1. The smallest absolute Gasteiger partial charge is 0.230 e. The number of hydrogen-bond donors (Lipinski definition) is 2. The molecule has 0 atom stereocenters. The normalized spacial score (nSPS) is 10.8. The molecule has 2 heterocycles. The summed E-state index contributed by atoms with van der Waals surface area (Å²) < 4.78 is 0.928. The molecule has 0 radical (unpaired) electrons. The van der Waals surface area contributed by atoms with Gasteiger partial charge in [0.05, 0.1) is 6.42 Å². The molecule has 0 fully saturated rings. The van der Waals surface area contributed by atoms with Crippen molar-refractivity contribution in [2.45, 2.75) is 13.3 Å². The topological polar surface area (TPSA) is 57.8 Å². The number of aryl methyl sites for hydroxylation is 1. The highest BCUT2D eigenvalue weighted by Crippen LogP contribution is 2.20. The Morgan fingerprint density at radius 1 is 1.38 bits per heavy atom. The molecule has 2 N–H and O–H groups in total. The van der Waals surface area contributed by atoms with Gasteiger partial charge in [0, 0.05) is 27.8 Å². The van der Waals surface area contributed by atoms with E-state index in [1.165, 1.54) is 0 Å². The zero-order valence-corrected chi connectivity index (χ0v) is 13.1. The van der Waals surface area contributed by atoms with Crippen LogP contribution in [-0.4, -0.2) is 15.9 Å². The van der Waals surface area contributed by atoms with E-state index in [0.29, 0.717) is 12.2 Å². The Morgan fingerprint density at radius 3 is 3.00 bits per heavy atom. The van der Waals surface area contributed by atoms with E-state index >= 15 is 0 Å². The number of hydrogen-bond acceptors (Lipinski definition) is 2. The number of aromatic amines is 1. The lowest BCUT2D eigenvalue weighted by molar-refractivity contribution is -0.115. The number of pyridine rings is 1. The Kier molecular flexibility index (Phi) is 3.75. The number of halogens is 1. The number of para-hydroxylation sites is 1. The number of nitrogens with one attached hydrogen (secondary N) is 2. The van der Waals surface area contributed by atoms with E-state index in [4.69, 9.17) is 0 Å². The minimum atomic E-state index is -0.0750. The van der Waals surface area contributed by atoms with Crippen LogP contribution in [0.4, 0.5) is 5.82 Å². The minimum absolute atomic E-state index is 0.0750. The van der Waals surface area contributed by atoms with E-state index in [0.717, 1.165) is 26.5 Å². The Morgan fingerprint density at radius 2 is 2.19 bits per heavy atom. The molecule has 0 aliphatic carbocycles. The molecular weight excluding hydrogens is 330 g/mol. The minimum Gasteiger partial charge on any atom is -0.361 e. The first-order valence-corrected chi connectivity index (χ1v) is 7.40. The fourth-order valence-electron chi connectivity index (χ4n) is 2.25. The second kappa shape index (κ2) is 5.69. The zero-order valence-electron chi connectivity index (χ0n) is 11.5. The molecule has 3 aromatic rings. The van der Waals surface area contributed by atoms with Crippen molar-refractivity contribution in [2.75, 3.05) is 5.32 Å². The van der Waals surface area contributed by atoms with Crippen molar-refractivity contribution in [3.63, 3.8) is 0 Å². The van der Waals surface area contributed by atoms with Crippen LogP contribution in [0.15, 0.2) is 47.2 Å². The molecule has 0 spiro atoms. The number of carbonyl (C=O) groups is 1. The third-order valence-electron chi connectivity index (χ3n) is 3.34. The second-order valence-electron chi connectivity index (χ2n) is 4.90. The fourth-order valence-corrected chi connectivity index (χ4v) is 2.46. The van der Waals surface area contributed by atoms with Crippen LogP contribution in [0.3, 0.4) is 0 Å². The summed E-state index contributed by atoms with van der Waals surface area (Å²) >= 11 is 3.39. The SMILES string of the molecule is Cc1cc(NC(=O)Cc2c[nH]c3ccccc23)ncc1Br. The number of fused-ring (bicyclic) bond motifs is 1. The molecule has 106 valence electrons. The van der Waals surface area contributed by atoms with Gasteiger partial charge in [0.2, 0.25) is 5.91 Å². The number of anilines is 1. The van der Waals surface area contributed by atoms with Gasteiger partial charge in [0.1, 0.15) is 5.82 Å². The Labute approximate surface area is 130 Å². The van der Waals surface area contributed by atoms with Crippen LogP contribution in [0.1, 0.15) is 11.1 Å². The average Bonchev–Trinajstić information content (AvgIpc) is 2.86. The van der Waals surface area contributed by atoms with Crippen molar-refractivity contribution in [1.82, 2.24) is 9.97 Å². The van der Waals surface area contributed by atoms with Gasteiger partial charge in [-0.3, -0.25) is 4.79 Å². The van der Waals surface area contributed by atoms with Gasteiger partial charge in [-0.05, 0) is 46.1 Å². The average molecular weight is 344 g/mol. The fraction of sp³-hybridized carbons (Fsp3) is 0.125. The van der Waals surface area contributed by atoms with E-state index in [9.17, 15) is 4.79 Å². The summed E-state index contributed by atoms with van der Waals surface area (Å²) in [4.78, 5) is 19.5. The summed E-state index contributed by atoms with van der Waals surface area (Å²) in [7, 11) is 0. The summed E-state index contributed by atoms with van der Waals surface area (Å²) in [5, 5.41) is 3.90. The van der Waals surface area contributed by atoms with Crippen molar-refractivity contribution >= 4 is 38.6 Å². The molecule has 0 aliphatic rings. The first-order valence-electron chi connectivity index (χ1n) is 6.60. The molecule has 5 heteroatoms. The predicted octanol–water partition coefficient (Wildman–Crippen LogP) is 3.82. The highest BCUT2D eigenvalue weighted by Gasteiger charge is 2.09. The maximum absolute atomic E-state index is 12.1. The van der Waals surface area contributed by atoms with E-state index in [1.807, 2.05) is 43.5 Å². The molecule has 0 aliphatic heterocycles. The third-order valence-corrected chi connectivity index (χ3v) is 4.17. The highest BCUT2D eigenvalue weighted by molar-refractivity contribution is 9.10. The van der Waals surface area contributed by atoms with Crippen molar-refractivity contribution < 1.29 is 4.79 Å².